The Balaban J connectivity index is 2.05. The minimum Gasteiger partial charge on any atom is -0.485 e. The molecule has 1 aromatic heterocycles. The van der Waals surface area contributed by atoms with E-state index in [1.807, 2.05) is 5.38 Å². The number of alkyl halides is 2. The van der Waals surface area contributed by atoms with Gasteiger partial charge in [-0.1, -0.05) is 0 Å². The molecule has 0 aliphatic carbocycles. The fraction of sp³-hybridized carbons (Fsp3) is 0.250. The van der Waals surface area contributed by atoms with Crippen LogP contribution < -0.4 is 10.1 Å². The van der Waals surface area contributed by atoms with Crippen LogP contribution in [0.4, 0.5) is 18.9 Å². The zero-order valence-electron chi connectivity index (χ0n) is 9.78. The predicted octanol–water partition coefficient (Wildman–Crippen LogP) is 3.54. The van der Waals surface area contributed by atoms with Gasteiger partial charge in [0.15, 0.2) is 0 Å². The molecule has 0 bridgehead atoms. The first-order chi connectivity index (χ1) is 9.15. The predicted molar refractivity (Wildman–Crippen MR) is 67.3 cm³/mol. The van der Waals surface area contributed by atoms with Crippen LogP contribution in [-0.2, 0) is 6.54 Å². The molecular formula is C12H11F3N2OS. The molecule has 0 saturated carbocycles. The monoisotopic (exact) mass is 288 g/mol. The highest BCUT2D eigenvalue weighted by molar-refractivity contribution is 7.07. The average molecular weight is 288 g/mol. The van der Waals surface area contributed by atoms with Gasteiger partial charge in [0.05, 0.1) is 23.4 Å². The van der Waals surface area contributed by atoms with E-state index in [2.05, 4.69) is 10.3 Å². The molecule has 1 aromatic carbocycles. The Hall–Kier alpha value is -1.76. The molecule has 0 spiro atoms. The molecule has 0 aliphatic rings. The number of rotatable bonds is 6. The van der Waals surface area contributed by atoms with Gasteiger partial charge in [-0.15, -0.1) is 11.3 Å². The molecule has 0 amide bonds. The summed E-state index contributed by atoms with van der Waals surface area (Å²) in [6.07, 6.45) is -2.60. The number of thiazole rings is 1. The van der Waals surface area contributed by atoms with Crippen molar-refractivity contribution in [3.63, 3.8) is 0 Å². The van der Waals surface area contributed by atoms with Gasteiger partial charge in [-0.3, -0.25) is 0 Å². The van der Waals surface area contributed by atoms with Gasteiger partial charge in [0.1, 0.15) is 18.2 Å². The van der Waals surface area contributed by atoms with Gasteiger partial charge in [0.25, 0.3) is 6.43 Å². The summed E-state index contributed by atoms with van der Waals surface area (Å²) in [7, 11) is 0. The SMILES string of the molecule is Fc1ccc(NCc2cscn2)c(OCC(F)F)c1. The van der Waals surface area contributed by atoms with E-state index in [1.165, 1.54) is 23.5 Å². The smallest absolute Gasteiger partial charge is 0.272 e. The summed E-state index contributed by atoms with van der Waals surface area (Å²) in [5.41, 5.74) is 2.96. The Morgan fingerprint density at radius 3 is 2.89 bits per heavy atom. The third kappa shape index (κ3) is 4.13. The van der Waals surface area contributed by atoms with E-state index in [0.29, 0.717) is 12.2 Å². The quantitative estimate of drug-likeness (QED) is 0.883. The lowest BCUT2D eigenvalue weighted by Gasteiger charge is -2.12. The lowest BCUT2D eigenvalue weighted by Crippen LogP contribution is -2.09. The van der Waals surface area contributed by atoms with Crippen molar-refractivity contribution >= 4 is 17.0 Å². The number of hydrogen-bond acceptors (Lipinski definition) is 4. The standard InChI is InChI=1S/C12H11F3N2OS/c13-8-1-2-10(11(3-8)18-5-12(14)15)16-4-9-6-19-7-17-9/h1-3,6-7,12,16H,4-5H2. The van der Waals surface area contributed by atoms with Crippen molar-refractivity contribution in [3.8, 4) is 5.75 Å². The van der Waals surface area contributed by atoms with Crippen LogP contribution in [0.1, 0.15) is 5.69 Å². The fourth-order valence-electron chi connectivity index (χ4n) is 1.43. The van der Waals surface area contributed by atoms with E-state index < -0.39 is 18.8 Å². The maximum atomic E-state index is 13.1. The van der Waals surface area contributed by atoms with Gasteiger partial charge in [0, 0.05) is 11.4 Å². The zero-order chi connectivity index (χ0) is 13.7. The van der Waals surface area contributed by atoms with Crippen LogP contribution in [0.15, 0.2) is 29.1 Å². The molecule has 0 unspecified atom stereocenters. The highest BCUT2D eigenvalue weighted by Gasteiger charge is 2.09. The Morgan fingerprint density at radius 1 is 1.37 bits per heavy atom. The van der Waals surface area contributed by atoms with Gasteiger partial charge in [0.2, 0.25) is 0 Å². The van der Waals surface area contributed by atoms with Gasteiger partial charge in [-0.05, 0) is 12.1 Å². The van der Waals surface area contributed by atoms with E-state index >= 15 is 0 Å². The summed E-state index contributed by atoms with van der Waals surface area (Å²) in [5, 5.41) is 4.83. The summed E-state index contributed by atoms with van der Waals surface area (Å²) < 4.78 is 42.2. The maximum Gasteiger partial charge on any atom is 0.272 e. The number of anilines is 1. The Labute approximate surface area is 112 Å². The third-order valence-corrected chi connectivity index (χ3v) is 2.89. The summed E-state index contributed by atoms with van der Waals surface area (Å²) in [4.78, 5) is 4.07. The van der Waals surface area contributed by atoms with Crippen LogP contribution in [0.3, 0.4) is 0 Å². The van der Waals surface area contributed by atoms with E-state index in [1.54, 1.807) is 5.51 Å². The maximum absolute atomic E-state index is 13.1. The molecule has 2 rings (SSSR count). The first-order valence-electron chi connectivity index (χ1n) is 5.46. The van der Waals surface area contributed by atoms with E-state index in [9.17, 15) is 13.2 Å². The van der Waals surface area contributed by atoms with Crippen molar-refractivity contribution in [1.82, 2.24) is 4.98 Å². The summed E-state index contributed by atoms with van der Waals surface area (Å²) in [5.74, 6) is -0.473. The lowest BCUT2D eigenvalue weighted by molar-refractivity contribution is 0.0821. The second-order valence-electron chi connectivity index (χ2n) is 3.68. The second-order valence-corrected chi connectivity index (χ2v) is 4.39. The topological polar surface area (TPSA) is 34.2 Å². The molecule has 1 heterocycles. The van der Waals surface area contributed by atoms with Gasteiger partial charge in [-0.2, -0.15) is 0 Å². The largest absolute Gasteiger partial charge is 0.485 e. The zero-order valence-corrected chi connectivity index (χ0v) is 10.6. The number of nitrogens with zero attached hydrogens (tertiary/aromatic N) is 1. The molecule has 19 heavy (non-hydrogen) atoms. The average Bonchev–Trinajstić information content (AvgIpc) is 2.88. The van der Waals surface area contributed by atoms with Crippen molar-refractivity contribution in [2.45, 2.75) is 13.0 Å². The number of hydrogen-bond donors (Lipinski definition) is 1. The molecule has 1 N–H and O–H groups in total. The highest BCUT2D eigenvalue weighted by Crippen LogP contribution is 2.26. The van der Waals surface area contributed by atoms with Crippen molar-refractivity contribution in [1.29, 1.82) is 0 Å². The number of nitrogens with one attached hydrogen (secondary N) is 1. The number of benzene rings is 1. The van der Waals surface area contributed by atoms with Gasteiger partial charge in [-0.25, -0.2) is 18.2 Å². The molecule has 0 atom stereocenters. The molecule has 7 heteroatoms. The molecule has 2 aromatic rings. The van der Waals surface area contributed by atoms with E-state index in [0.717, 1.165) is 11.8 Å². The highest BCUT2D eigenvalue weighted by atomic mass is 32.1. The van der Waals surface area contributed by atoms with Crippen LogP contribution in [0.2, 0.25) is 0 Å². The normalized spacial score (nSPS) is 10.7. The number of ether oxygens (including phenoxy) is 1. The van der Waals surface area contributed by atoms with Gasteiger partial charge < -0.3 is 10.1 Å². The van der Waals surface area contributed by atoms with Crippen LogP contribution >= 0.6 is 11.3 Å². The third-order valence-electron chi connectivity index (χ3n) is 2.25. The minimum absolute atomic E-state index is 0.0653. The molecule has 0 aliphatic heterocycles. The van der Waals surface area contributed by atoms with Crippen molar-refractivity contribution in [2.24, 2.45) is 0 Å². The Kier molecular flexibility index (Phi) is 4.62. The van der Waals surface area contributed by atoms with Crippen LogP contribution in [0.5, 0.6) is 5.75 Å². The summed E-state index contributed by atoms with van der Waals surface area (Å²) in [6.45, 7) is -0.352. The summed E-state index contributed by atoms with van der Waals surface area (Å²) in [6, 6.07) is 3.76. The number of aromatic nitrogens is 1. The van der Waals surface area contributed by atoms with E-state index in [4.69, 9.17) is 4.74 Å². The van der Waals surface area contributed by atoms with Crippen LogP contribution in [-0.4, -0.2) is 18.0 Å². The lowest BCUT2D eigenvalue weighted by atomic mass is 10.2. The second kappa shape index (κ2) is 6.42. The van der Waals surface area contributed by atoms with Crippen LogP contribution in [0, 0.1) is 5.82 Å². The first-order valence-corrected chi connectivity index (χ1v) is 6.41. The first kappa shape index (κ1) is 13.7. The molecule has 0 saturated heterocycles. The van der Waals surface area contributed by atoms with Crippen molar-refractivity contribution in [3.05, 3.63) is 40.6 Å². The van der Waals surface area contributed by atoms with E-state index in [-0.39, 0.29) is 5.75 Å². The Morgan fingerprint density at radius 2 is 2.21 bits per heavy atom. The molecular weight excluding hydrogens is 277 g/mol. The van der Waals surface area contributed by atoms with Crippen molar-refractivity contribution in [2.75, 3.05) is 11.9 Å². The summed E-state index contributed by atoms with van der Waals surface area (Å²) >= 11 is 1.45. The minimum atomic E-state index is -2.60. The Bertz CT molecular complexity index is 520. The number of halogens is 3. The van der Waals surface area contributed by atoms with Crippen LogP contribution in [0.25, 0.3) is 0 Å². The molecule has 0 fully saturated rings. The fourth-order valence-corrected chi connectivity index (χ4v) is 1.98. The molecule has 102 valence electrons. The molecule has 0 radical (unpaired) electrons. The van der Waals surface area contributed by atoms with Gasteiger partial charge >= 0.3 is 0 Å². The van der Waals surface area contributed by atoms with Crippen molar-refractivity contribution < 1.29 is 17.9 Å². The molecule has 3 nitrogen and oxygen atoms in total.